The van der Waals surface area contributed by atoms with Gasteiger partial charge < -0.3 is 33.9 Å². The number of amides is 1. The number of carbonyl (C=O) groups excluding carboxylic acids is 3. The maximum atomic E-state index is 13.7. The van der Waals surface area contributed by atoms with Crippen LogP contribution in [0.4, 0.5) is 18.8 Å². The molecule has 37 heavy (non-hydrogen) atoms. The lowest BCUT2D eigenvalue weighted by Gasteiger charge is -2.27. The van der Waals surface area contributed by atoms with Crippen molar-refractivity contribution in [3.05, 3.63) is 35.8 Å². The van der Waals surface area contributed by atoms with Crippen LogP contribution >= 0.6 is 0 Å². The summed E-state index contributed by atoms with van der Waals surface area (Å²) in [6.45, 7) is 15.4. The molecule has 0 fully saturated rings. The molecule has 1 heterocycles. The van der Waals surface area contributed by atoms with Crippen LogP contribution in [-0.2, 0) is 25.5 Å². The lowest BCUT2D eigenvalue weighted by molar-refractivity contribution is -0.0294. The van der Waals surface area contributed by atoms with Crippen molar-refractivity contribution < 1.29 is 42.8 Å². The number of benzene rings is 1. The largest absolute Gasteiger partial charge is 0.519 e. The van der Waals surface area contributed by atoms with Crippen molar-refractivity contribution in [3.63, 3.8) is 0 Å². The molecule has 0 unspecified atom stereocenters. The first kappa shape index (κ1) is 31.7. The maximum Gasteiger partial charge on any atom is 0.519 e. The van der Waals surface area contributed by atoms with Crippen molar-refractivity contribution in [1.29, 1.82) is 0 Å². The molecule has 11 heteroatoms. The van der Waals surface area contributed by atoms with E-state index in [1.807, 2.05) is 0 Å². The van der Waals surface area contributed by atoms with Gasteiger partial charge in [0.05, 0.1) is 18.7 Å². The van der Waals surface area contributed by atoms with Crippen molar-refractivity contribution in [2.45, 2.75) is 85.7 Å². The second-order valence-corrected chi connectivity index (χ2v) is 11.2. The molecule has 0 aliphatic carbocycles. The zero-order chi connectivity index (χ0) is 28.6. The highest BCUT2D eigenvalue weighted by atomic mass is 19.1. The standard InChI is InChI=1S/C16H21FN2O3.C10H18O5/c1-16(2,3)22-15(21)19(6-7-20)10-12-9-13(17)8-11-4-5-18-14(11)12;1-9(2,3)14-7(11)13-8(12)15-10(4,5)6/h4-5,8-9,18,20H,6-7,10H2,1-3H3;1-6H3. The number of H-pyrrole nitrogens is 1. The first-order valence-electron chi connectivity index (χ1n) is 11.8. The molecule has 1 aromatic carbocycles. The van der Waals surface area contributed by atoms with Crippen molar-refractivity contribution >= 4 is 29.3 Å². The van der Waals surface area contributed by atoms with E-state index in [4.69, 9.17) is 19.3 Å². The smallest absolute Gasteiger partial charge is 0.444 e. The van der Waals surface area contributed by atoms with E-state index in [2.05, 4.69) is 9.72 Å². The molecule has 0 atom stereocenters. The highest BCUT2D eigenvalue weighted by Gasteiger charge is 2.25. The van der Waals surface area contributed by atoms with Crippen LogP contribution in [0, 0.1) is 5.82 Å². The lowest BCUT2D eigenvalue weighted by Crippen LogP contribution is -2.38. The zero-order valence-electron chi connectivity index (χ0n) is 23.1. The quantitative estimate of drug-likeness (QED) is 0.286. The van der Waals surface area contributed by atoms with Crippen LogP contribution in [0.1, 0.15) is 67.9 Å². The number of nitrogens with zero attached hydrogens (tertiary/aromatic N) is 1. The van der Waals surface area contributed by atoms with Gasteiger partial charge >= 0.3 is 18.4 Å². The number of nitrogens with one attached hydrogen (secondary N) is 1. The minimum absolute atomic E-state index is 0.119. The minimum Gasteiger partial charge on any atom is -0.444 e. The van der Waals surface area contributed by atoms with E-state index in [0.717, 1.165) is 10.9 Å². The Morgan fingerprint density at radius 1 is 0.892 bits per heavy atom. The Morgan fingerprint density at radius 2 is 1.41 bits per heavy atom. The molecule has 0 radical (unpaired) electrons. The molecule has 2 rings (SSSR count). The fourth-order valence-corrected chi connectivity index (χ4v) is 2.83. The molecule has 0 aliphatic rings. The Bertz CT molecular complexity index is 1040. The number of hydrogen-bond donors (Lipinski definition) is 2. The SMILES string of the molecule is CC(C)(C)OC(=O)N(CCO)Cc1cc(F)cc2cc[nH]c12.CC(C)(C)OC(=O)OC(=O)OC(C)(C)C. The second-order valence-electron chi connectivity index (χ2n) is 11.2. The number of aromatic nitrogens is 1. The normalized spacial score (nSPS) is 11.8. The van der Waals surface area contributed by atoms with Crippen molar-refractivity contribution in [2.75, 3.05) is 13.2 Å². The zero-order valence-corrected chi connectivity index (χ0v) is 23.1. The molecule has 2 aromatic rings. The van der Waals surface area contributed by atoms with Gasteiger partial charge in [-0.2, -0.15) is 0 Å². The molecule has 2 N–H and O–H groups in total. The Morgan fingerprint density at radius 3 is 1.86 bits per heavy atom. The van der Waals surface area contributed by atoms with Gasteiger partial charge in [0.1, 0.15) is 22.6 Å². The molecule has 0 aliphatic heterocycles. The third-order valence-corrected chi connectivity index (χ3v) is 4.03. The summed E-state index contributed by atoms with van der Waals surface area (Å²) in [5.74, 6) is -0.366. The molecule has 0 saturated heterocycles. The van der Waals surface area contributed by atoms with Crippen LogP contribution in [0.5, 0.6) is 0 Å². The summed E-state index contributed by atoms with van der Waals surface area (Å²) < 4.78 is 32.8. The monoisotopic (exact) mass is 526 g/mol. The summed E-state index contributed by atoms with van der Waals surface area (Å²) in [6.07, 6.45) is -0.934. The highest BCUT2D eigenvalue weighted by molar-refractivity contribution is 5.83. The highest BCUT2D eigenvalue weighted by Crippen LogP contribution is 2.22. The van der Waals surface area contributed by atoms with Crippen molar-refractivity contribution in [2.24, 2.45) is 0 Å². The van der Waals surface area contributed by atoms with Crippen LogP contribution in [-0.4, -0.2) is 63.3 Å². The molecule has 208 valence electrons. The number of halogens is 1. The Labute approximate surface area is 217 Å². The van der Waals surface area contributed by atoms with Gasteiger partial charge in [-0.25, -0.2) is 18.8 Å². The number of aliphatic hydroxyl groups excluding tert-OH is 1. The number of carbonyl (C=O) groups is 3. The summed E-state index contributed by atoms with van der Waals surface area (Å²) in [7, 11) is 0. The summed E-state index contributed by atoms with van der Waals surface area (Å²) in [6, 6.07) is 4.58. The van der Waals surface area contributed by atoms with Gasteiger partial charge in [0, 0.05) is 18.1 Å². The lowest BCUT2D eigenvalue weighted by atomic mass is 10.1. The first-order valence-corrected chi connectivity index (χ1v) is 11.8. The minimum atomic E-state index is -1.06. The van der Waals surface area contributed by atoms with E-state index < -0.39 is 35.2 Å². The summed E-state index contributed by atoms with van der Waals surface area (Å²) >= 11 is 0. The average Bonchev–Trinajstić information content (AvgIpc) is 3.12. The number of ether oxygens (including phenoxy) is 4. The van der Waals surface area contributed by atoms with Crippen LogP contribution in [0.2, 0.25) is 0 Å². The first-order chi connectivity index (χ1) is 16.8. The average molecular weight is 527 g/mol. The van der Waals surface area contributed by atoms with Gasteiger partial charge in [0.15, 0.2) is 0 Å². The van der Waals surface area contributed by atoms with E-state index >= 15 is 0 Å². The van der Waals surface area contributed by atoms with Crippen LogP contribution < -0.4 is 0 Å². The second kappa shape index (κ2) is 12.8. The fourth-order valence-electron chi connectivity index (χ4n) is 2.83. The summed E-state index contributed by atoms with van der Waals surface area (Å²) in [4.78, 5) is 38.6. The number of aromatic amines is 1. The van der Waals surface area contributed by atoms with Crippen molar-refractivity contribution in [3.8, 4) is 0 Å². The third kappa shape index (κ3) is 13.0. The number of rotatable bonds is 4. The van der Waals surface area contributed by atoms with Gasteiger partial charge in [-0.3, -0.25) is 0 Å². The van der Waals surface area contributed by atoms with E-state index in [1.54, 1.807) is 74.6 Å². The van der Waals surface area contributed by atoms with E-state index in [0.29, 0.717) is 5.56 Å². The summed E-state index contributed by atoms with van der Waals surface area (Å²) in [5.41, 5.74) is -0.612. The van der Waals surface area contributed by atoms with Gasteiger partial charge in [0.2, 0.25) is 0 Å². The molecule has 0 spiro atoms. The van der Waals surface area contributed by atoms with Gasteiger partial charge in [-0.05, 0) is 86.1 Å². The topological polar surface area (TPSA) is 127 Å². The van der Waals surface area contributed by atoms with Crippen LogP contribution in [0.3, 0.4) is 0 Å². The van der Waals surface area contributed by atoms with Gasteiger partial charge in [-0.1, -0.05) is 0 Å². The molecular weight excluding hydrogens is 487 g/mol. The molecule has 10 nitrogen and oxygen atoms in total. The predicted molar refractivity (Wildman–Crippen MR) is 136 cm³/mol. The Kier molecular flexibility index (Phi) is 10.9. The molecule has 1 aromatic heterocycles. The predicted octanol–water partition coefficient (Wildman–Crippen LogP) is 5.91. The Balaban J connectivity index is 0.000000401. The van der Waals surface area contributed by atoms with E-state index in [1.165, 1.54) is 17.0 Å². The number of hydrogen-bond acceptors (Lipinski definition) is 8. The van der Waals surface area contributed by atoms with E-state index in [9.17, 15) is 18.8 Å². The molecule has 0 bridgehead atoms. The molecule has 1 amide bonds. The number of fused-ring (bicyclic) bond motifs is 1. The number of aliphatic hydroxyl groups is 1. The fraction of sp³-hybridized carbons (Fsp3) is 0.577. The Hall–Kier alpha value is -3.34. The van der Waals surface area contributed by atoms with Gasteiger partial charge in [0.25, 0.3) is 0 Å². The van der Waals surface area contributed by atoms with Gasteiger partial charge in [-0.15, -0.1) is 0 Å². The maximum absolute atomic E-state index is 13.7. The molecular formula is C26H39FN2O8. The van der Waals surface area contributed by atoms with E-state index in [-0.39, 0.29) is 25.5 Å². The molecule has 0 saturated carbocycles. The third-order valence-electron chi connectivity index (χ3n) is 4.03. The summed E-state index contributed by atoms with van der Waals surface area (Å²) in [5, 5.41) is 9.90. The van der Waals surface area contributed by atoms with Crippen LogP contribution in [0.25, 0.3) is 10.9 Å². The van der Waals surface area contributed by atoms with Crippen LogP contribution in [0.15, 0.2) is 24.4 Å². The van der Waals surface area contributed by atoms with Crippen molar-refractivity contribution in [1.82, 2.24) is 9.88 Å².